The Morgan fingerprint density at radius 1 is 0.962 bits per heavy atom. The molecule has 0 atom stereocenters. The van der Waals surface area contributed by atoms with Gasteiger partial charge in [0.05, 0.1) is 18.6 Å². The summed E-state index contributed by atoms with van der Waals surface area (Å²) in [6.45, 7) is 9.20. The maximum absolute atomic E-state index is 5.85. The van der Waals surface area contributed by atoms with Crippen LogP contribution in [0.5, 0.6) is 0 Å². The molecular weight excluding hydrogens is 326 g/mol. The molecule has 3 aliphatic heterocycles. The van der Waals surface area contributed by atoms with Gasteiger partial charge in [-0.3, -0.25) is 0 Å². The summed E-state index contributed by atoms with van der Waals surface area (Å²) < 4.78 is 8.31. The molecule has 0 saturated carbocycles. The van der Waals surface area contributed by atoms with Gasteiger partial charge in [-0.05, 0) is 32.1 Å². The summed E-state index contributed by atoms with van der Waals surface area (Å²) in [6, 6.07) is 0. The normalized spacial score (nSPS) is 20.3. The fraction of sp³-hybridized carbons (Fsp3) is 0.700. The Bertz CT molecular complexity index is 802. The quantitative estimate of drug-likeness (QED) is 0.843. The standard InChI is InChI=1S/C20H29N5O/c1-2-8-25-16-7-13-26-14-15(16)17-18(23-9-3-4-10-23)21-20(22-19(17)25)24-11-5-6-12-24/h2-14H2,1H3. The van der Waals surface area contributed by atoms with E-state index < -0.39 is 0 Å². The molecule has 2 saturated heterocycles. The average molecular weight is 355 g/mol. The molecule has 2 fully saturated rings. The molecule has 0 aromatic carbocycles. The molecule has 5 heterocycles. The van der Waals surface area contributed by atoms with Gasteiger partial charge in [0.2, 0.25) is 5.95 Å². The topological polar surface area (TPSA) is 46.4 Å². The monoisotopic (exact) mass is 355 g/mol. The molecule has 5 rings (SSSR count). The maximum Gasteiger partial charge on any atom is 0.229 e. The van der Waals surface area contributed by atoms with Crippen molar-refractivity contribution in [3.05, 3.63) is 11.3 Å². The van der Waals surface area contributed by atoms with Crippen molar-refractivity contribution in [3.63, 3.8) is 0 Å². The summed E-state index contributed by atoms with van der Waals surface area (Å²) in [5, 5.41) is 1.26. The summed E-state index contributed by atoms with van der Waals surface area (Å²) in [5.74, 6) is 2.09. The summed E-state index contributed by atoms with van der Waals surface area (Å²) in [5.41, 5.74) is 3.91. The van der Waals surface area contributed by atoms with Crippen molar-refractivity contribution in [3.8, 4) is 0 Å². The molecule has 140 valence electrons. The van der Waals surface area contributed by atoms with Crippen LogP contribution in [0, 0.1) is 0 Å². The van der Waals surface area contributed by atoms with Crippen molar-refractivity contribution < 1.29 is 4.74 Å². The number of ether oxygens (including phenoxy) is 1. The first kappa shape index (κ1) is 16.4. The number of anilines is 2. The van der Waals surface area contributed by atoms with Gasteiger partial charge in [-0.15, -0.1) is 0 Å². The molecule has 26 heavy (non-hydrogen) atoms. The van der Waals surface area contributed by atoms with Crippen molar-refractivity contribution in [1.29, 1.82) is 0 Å². The molecule has 0 spiro atoms. The van der Waals surface area contributed by atoms with Gasteiger partial charge in [0.15, 0.2) is 0 Å². The average Bonchev–Trinajstić information content (AvgIpc) is 3.43. The second kappa shape index (κ2) is 6.72. The fourth-order valence-electron chi connectivity index (χ4n) is 4.79. The maximum atomic E-state index is 5.85. The van der Waals surface area contributed by atoms with Crippen LogP contribution >= 0.6 is 0 Å². The van der Waals surface area contributed by atoms with E-state index >= 15 is 0 Å². The minimum absolute atomic E-state index is 0.704. The fourth-order valence-corrected chi connectivity index (χ4v) is 4.79. The SMILES string of the molecule is CCCn1c2c(c3c(N4CCCC4)nc(N4CCCC4)nc31)COCC2. The van der Waals surface area contributed by atoms with E-state index in [4.69, 9.17) is 14.7 Å². The van der Waals surface area contributed by atoms with E-state index in [1.165, 1.54) is 42.3 Å². The van der Waals surface area contributed by atoms with Crippen LogP contribution < -0.4 is 9.80 Å². The Balaban J connectivity index is 1.75. The van der Waals surface area contributed by atoms with Crippen LogP contribution in [0.2, 0.25) is 0 Å². The van der Waals surface area contributed by atoms with Gasteiger partial charge in [0.25, 0.3) is 0 Å². The van der Waals surface area contributed by atoms with E-state index in [2.05, 4.69) is 21.3 Å². The lowest BCUT2D eigenvalue weighted by atomic mass is 10.1. The summed E-state index contributed by atoms with van der Waals surface area (Å²) in [4.78, 5) is 15.1. The molecule has 2 aromatic rings. The first-order valence-electron chi connectivity index (χ1n) is 10.4. The zero-order valence-electron chi connectivity index (χ0n) is 15.8. The molecule has 0 unspecified atom stereocenters. The van der Waals surface area contributed by atoms with Crippen LogP contribution in [0.3, 0.4) is 0 Å². The Morgan fingerprint density at radius 2 is 1.69 bits per heavy atom. The molecule has 0 radical (unpaired) electrons. The lowest BCUT2D eigenvalue weighted by Gasteiger charge is -2.22. The molecule has 0 aliphatic carbocycles. The van der Waals surface area contributed by atoms with E-state index in [-0.39, 0.29) is 0 Å². The van der Waals surface area contributed by atoms with E-state index in [1.807, 2.05) is 0 Å². The van der Waals surface area contributed by atoms with Crippen LogP contribution in [0.4, 0.5) is 11.8 Å². The van der Waals surface area contributed by atoms with Crippen LogP contribution in [0.25, 0.3) is 11.0 Å². The van der Waals surface area contributed by atoms with E-state index in [9.17, 15) is 0 Å². The minimum atomic E-state index is 0.704. The number of hydrogen-bond acceptors (Lipinski definition) is 5. The molecule has 6 nitrogen and oxygen atoms in total. The van der Waals surface area contributed by atoms with Gasteiger partial charge in [-0.25, -0.2) is 0 Å². The molecule has 6 heteroatoms. The van der Waals surface area contributed by atoms with E-state index in [1.54, 1.807) is 0 Å². The van der Waals surface area contributed by atoms with Crippen molar-refractivity contribution in [1.82, 2.24) is 14.5 Å². The Kier molecular flexibility index (Phi) is 4.23. The van der Waals surface area contributed by atoms with Gasteiger partial charge < -0.3 is 19.1 Å². The lowest BCUT2D eigenvalue weighted by molar-refractivity contribution is 0.109. The smallest absolute Gasteiger partial charge is 0.229 e. The van der Waals surface area contributed by atoms with Gasteiger partial charge in [-0.1, -0.05) is 6.92 Å². The third-order valence-electron chi connectivity index (χ3n) is 6.06. The predicted octanol–water partition coefficient (Wildman–Crippen LogP) is 3.11. The van der Waals surface area contributed by atoms with Crippen molar-refractivity contribution in [2.24, 2.45) is 0 Å². The van der Waals surface area contributed by atoms with Gasteiger partial charge in [0, 0.05) is 50.4 Å². The van der Waals surface area contributed by atoms with Crippen molar-refractivity contribution in [2.45, 2.75) is 58.6 Å². The number of nitrogens with zero attached hydrogens (tertiary/aromatic N) is 5. The molecule has 0 bridgehead atoms. The molecule has 0 N–H and O–H groups in total. The second-order valence-electron chi connectivity index (χ2n) is 7.81. The first-order valence-corrected chi connectivity index (χ1v) is 10.4. The molecule has 2 aromatic heterocycles. The van der Waals surface area contributed by atoms with Gasteiger partial charge >= 0.3 is 0 Å². The number of hydrogen-bond donors (Lipinski definition) is 0. The Hall–Kier alpha value is -1.82. The number of aryl methyl sites for hydroxylation is 1. The molecule has 0 amide bonds. The number of fused-ring (bicyclic) bond motifs is 3. The minimum Gasteiger partial charge on any atom is -0.376 e. The second-order valence-corrected chi connectivity index (χ2v) is 7.81. The van der Waals surface area contributed by atoms with Crippen LogP contribution in [0.15, 0.2) is 0 Å². The predicted molar refractivity (Wildman–Crippen MR) is 104 cm³/mol. The zero-order chi connectivity index (χ0) is 17.5. The highest BCUT2D eigenvalue weighted by Gasteiger charge is 2.29. The summed E-state index contributed by atoms with van der Waals surface area (Å²) in [6.07, 6.45) is 7.14. The number of aromatic nitrogens is 3. The van der Waals surface area contributed by atoms with Crippen LogP contribution in [-0.4, -0.2) is 47.3 Å². The van der Waals surface area contributed by atoms with E-state index in [0.29, 0.717) is 6.61 Å². The highest BCUT2D eigenvalue weighted by atomic mass is 16.5. The van der Waals surface area contributed by atoms with Crippen LogP contribution in [-0.2, 0) is 24.3 Å². The van der Waals surface area contributed by atoms with Gasteiger partial charge in [-0.2, -0.15) is 9.97 Å². The first-order chi connectivity index (χ1) is 12.9. The highest BCUT2D eigenvalue weighted by Crippen LogP contribution is 2.37. The Labute approximate surface area is 155 Å². The number of rotatable bonds is 4. The lowest BCUT2D eigenvalue weighted by Crippen LogP contribution is -2.24. The zero-order valence-corrected chi connectivity index (χ0v) is 15.8. The highest BCUT2D eigenvalue weighted by molar-refractivity contribution is 5.94. The summed E-state index contributed by atoms with van der Waals surface area (Å²) in [7, 11) is 0. The van der Waals surface area contributed by atoms with E-state index in [0.717, 1.165) is 69.6 Å². The van der Waals surface area contributed by atoms with Crippen molar-refractivity contribution in [2.75, 3.05) is 42.6 Å². The van der Waals surface area contributed by atoms with Crippen LogP contribution in [0.1, 0.15) is 50.3 Å². The summed E-state index contributed by atoms with van der Waals surface area (Å²) >= 11 is 0. The van der Waals surface area contributed by atoms with Gasteiger partial charge in [0.1, 0.15) is 11.5 Å². The largest absolute Gasteiger partial charge is 0.376 e. The third-order valence-corrected chi connectivity index (χ3v) is 6.06. The molecule has 3 aliphatic rings. The molecular formula is C20H29N5O. The third kappa shape index (κ3) is 2.57. The Morgan fingerprint density at radius 3 is 2.42 bits per heavy atom. The van der Waals surface area contributed by atoms with Crippen molar-refractivity contribution >= 4 is 22.8 Å².